The lowest BCUT2D eigenvalue weighted by atomic mass is 10.1. The molecule has 2 aromatic rings. The van der Waals surface area contributed by atoms with Crippen molar-refractivity contribution >= 4 is 12.2 Å². The highest BCUT2D eigenvalue weighted by Crippen LogP contribution is 2.22. The van der Waals surface area contributed by atoms with E-state index in [1.807, 2.05) is 6.92 Å². The van der Waals surface area contributed by atoms with E-state index in [-0.39, 0.29) is 0 Å². The van der Waals surface area contributed by atoms with Gasteiger partial charge < -0.3 is 9.40 Å². The van der Waals surface area contributed by atoms with Gasteiger partial charge in [0.15, 0.2) is 0 Å². The molecule has 1 aromatic carbocycles. The van der Waals surface area contributed by atoms with Crippen molar-refractivity contribution in [3.63, 3.8) is 0 Å². The number of rotatable bonds is 1. The van der Waals surface area contributed by atoms with Gasteiger partial charge in [-0.25, -0.2) is 0 Å². The average Bonchev–Trinajstić information content (AvgIpc) is 2.47. The van der Waals surface area contributed by atoms with Crippen molar-refractivity contribution in [3.8, 4) is 11.3 Å². The predicted molar refractivity (Wildman–Crippen MR) is 58.8 cm³/mol. The van der Waals surface area contributed by atoms with Crippen LogP contribution in [0, 0.1) is 18.7 Å². The highest BCUT2D eigenvalue weighted by Gasteiger charge is 2.05. The van der Waals surface area contributed by atoms with Crippen LogP contribution in [0.2, 0.25) is 0 Å². The van der Waals surface area contributed by atoms with Crippen molar-refractivity contribution in [2.45, 2.75) is 13.8 Å². The van der Waals surface area contributed by atoms with E-state index in [1.54, 1.807) is 0 Å². The van der Waals surface area contributed by atoms with Gasteiger partial charge in [0, 0.05) is 5.56 Å². The maximum absolute atomic E-state index is 5.26. The summed E-state index contributed by atoms with van der Waals surface area (Å²) in [5, 5.41) is 0. The fraction of sp³-hybridized carbons (Fsp3) is 0.182. The minimum atomic E-state index is 0.429. The summed E-state index contributed by atoms with van der Waals surface area (Å²) < 4.78 is 5.26. The molecule has 0 atom stereocenters. The van der Waals surface area contributed by atoms with Crippen LogP contribution in [0.5, 0.6) is 0 Å². The van der Waals surface area contributed by atoms with Crippen molar-refractivity contribution in [3.05, 3.63) is 40.4 Å². The second-order valence-electron chi connectivity index (χ2n) is 3.31. The smallest absolute Gasteiger partial charge is 0.266 e. The zero-order chi connectivity index (χ0) is 10.1. The van der Waals surface area contributed by atoms with Crippen LogP contribution in [0.4, 0.5) is 0 Å². The van der Waals surface area contributed by atoms with Crippen molar-refractivity contribution in [1.29, 1.82) is 0 Å². The fourth-order valence-corrected chi connectivity index (χ4v) is 1.63. The number of H-pyrrole nitrogens is 1. The number of hydrogen-bond donors (Lipinski definition) is 1. The second kappa shape index (κ2) is 3.42. The Balaban J connectivity index is 2.54. The summed E-state index contributed by atoms with van der Waals surface area (Å²) in [7, 11) is 0. The van der Waals surface area contributed by atoms with Gasteiger partial charge in [0.05, 0.1) is 5.69 Å². The Bertz CT molecular complexity index is 493. The SMILES string of the molecule is Cc1ccc(-c2[nH]c(=S)oc2C)cc1. The van der Waals surface area contributed by atoms with Gasteiger partial charge >= 0.3 is 0 Å². The number of benzene rings is 1. The van der Waals surface area contributed by atoms with Crippen molar-refractivity contribution in [1.82, 2.24) is 4.98 Å². The molecule has 0 saturated carbocycles. The second-order valence-corrected chi connectivity index (χ2v) is 3.68. The first-order valence-corrected chi connectivity index (χ1v) is 4.84. The van der Waals surface area contributed by atoms with Crippen LogP contribution in [0.1, 0.15) is 11.3 Å². The van der Waals surface area contributed by atoms with Crippen LogP contribution in [0.15, 0.2) is 28.7 Å². The number of aryl methyl sites for hydroxylation is 2. The quantitative estimate of drug-likeness (QED) is 0.720. The number of nitrogens with one attached hydrogen (secondary N) is 1. The van der Waals surface area contributed by atoms with Crippen LogP contribution in [-0.4, -0.2) is 4.98 Å². The van der Waals surface area contributed by atoms with Gasteiger partial charge in [0.25, 0.3) is 4.84 Å². The zero-order valence-corrected chi connectivity index (χ0v) is 8.94. The number of aromatic nitrogens is 1. The lowest BCUT2D eigenvalue weighted by molar-refractivity contribution is 0.512. The first-order chi connectivity index (χ1) is 6.66. The topological polar surface area (TPSA) is 28.9 Å². The van der Waals surface area contributed by atoms with Gasteiger partial charge in [0.2, 0.25) is 0 Å². The average molecular weight is 205 g/mol. The molecule has 2 nitrogen and oxygen atoms in total. The molecule has 1 N–H and O–H groups in total. The maximum Gasteiger partial charge on any atom is 0.266 e. The van der Waals surface area contributed by atoms with E-state index in [2.05, 4.69) is 36.2 Å². The maximum atomic E-state index is 5.26. The van der Waals surface area contributed by atoms with Gasteiger partial charge in [-0.2, -0.15) is 0 Å². The Morgan fingerprint density at radius 1 is 1.14 bits per heavy atom. The zero-order valence-electron chi connectivity index (χ0n) is 8.13. The highest BCUT2D eigenvalue weighted by atomic mass is 32.1. The van der Waals surface area contributed by atoms with Crippen molar-refractivity contribution < 1.29 is 4.42 Å². The van der Waals surface area contributed by atoms with Gasteiger partial charge in [-0.3, -0.25) is 0 Å². The largest absolute Gasteiger partial charge is 0.434 e. The molecule has 0 fully saturated rings. The molecule has 0 aliphatic carbocycles. The summed E-state index contributed by atoms with van der Waals surface area (Å²) in [6.07, 6.45) is 0. The summed E-state index contributed by atoms with van der Waals surface area (Å²) in [6, 6.07) is 8.24. The van der Waals surface area contributed by atoms with E-state index in [0.717, 1.165) is 17.0 Å². The standard InChI is InChI=1S/C11H11NOS/c1-7-3-5-9(6-4-7)10-8(2)13-11(14)12-10/h3-6H,1-2H3,(H,12,14). The molecular weight excluding hydrogens is 194 g/mol. The van der Waals surface area contributed by atoms with Crippen LogP contribution in [0.3, 0.4) is 0 Å². The molecule has 0 bridgehead atoms. The molecule has 14 heavy (non-hydrogen) atoms. The Morgan fingerprint density at radius 2 is 1.79 bits per heavy atom. The van der Waals surface area contributed by atoms with Gasteiger partial charge in [-0.15, -0.1) is 0 Å². The van der Waals surface area contributed by atoms with Crippen LogP contribution >= 0.6 is 12.2 Å². The molecular formula is C11H11NOS. The fourth-order valence-electron chi connectivity index (χ4n) is 1.40. The predicted octanol–water partition coefficient (Wildman–Crippen LogP) is 3.62. The van der Waals surface area contributed by atoms with E-state index in [0.29, 0.717) is 4.84 Å². The molecule has 0 radical (unpaired) electrons. The van der Waals surface area contributed by atoms with E-state index in [9.17, 15) is 0 Å². The van der Waals surface area contributed by atoms with E-state index in [4.69, 9.17) is 16.6 Å². The minimum absolute atomic E-state index is 0.429. The first kappa shape index (κ1) is 9.21. The van der Waals surface area contributed by atoms with Gasteiger partial charge in [0.1, 0.15) is 5.76 Å². The first-order valence-electron chi connectivity index (χ1n) is 4.43. The van der Waals surface area contributed by atoms with Crippen LogP contribution < -0.4 is 0 Å². The van der Waals surface area contributed by atoms with E-state index in [1.165, 1.54) is 5.56 Å². The molecule has 1 aromatic heterocycles. The highest BCUT2D eigenvalue weighted by molar-refractivity contribution is 7.71. The molecule has 0 spiro atoms. The van der Waals surface area contributed by atoms with Gasteiger partial charge in [-0.1, -0.05) is 29.8 Å². The summed E-state index contributed by atoms with van der Waals surface area (Å²) in [4.78, 5) is 3.46. The third-order valence-electron chi connectivity index (χ3n) is 2.17. The molecule has 2 rings (SSSR count). The molecule has 72 valence electrons. The van der Waals surface area contributed by atoms with Crippen molar-refractivity contribution in [2.24, 2.45) is 0 Å². The van der Waals surface area contributed by atoms with Crippen LogP contribution in [-0.2, 0) is 0 Å². The molecule has 1 heterocycles. The molecule has 0 aliphatic heterocycles. The van der Waals surface area contributed by atoms with Gasteiger partial charge in [-0.05, 0) is 26.1 Å². The lowest BCUT2D eigenvalue weighted by Gasteiger charge is -1.98. The molecule has 0 aliphatic rings. The Kier molecular flexibility index (Phi) is 2.25. The normalized spacial score (nSPS) is 10.4. The minimum Gasteiger partial charge on any atom is -0.434 e. The van der Waals surface area contributed by atoms with Crippen LogP contribution in [0.25, 0.3) is 11.3 Å². The van der Waals surface area contributed by atoms with E-state index >= 15 is 0 Å². The molecule has 0 saturated heterocycles. The Labute approximate surface area is 87.6 Å². The lowest BCUT2D eigenvalue weighted by Crippen LogP contribution is -1.80. The number of oxazole rings is 1. The molecule has 0 amide bonds. The Morgan fingerprint density at radius 3 is 2.29 bits per heavy atom. The molecule has 0 unspecified atom stereocenters. The summed E-state index contributed by atoms with van der Waals surface area (Å²) in [6.45, 7) is 3.97. The third-order valence-corrected chi connectivity index (χ3v) is 2.35. The Hall–Kier alpha value is -1.35. The number of hydrogen-bond acceptors (Lipinski definition) is 2. The summed E-state index contributed by atoms with van der Waals surface area (Å²) >= 11 is 4.92. The van der Waals surface area contributed by atoms with Crippen molar-refractivity contribution in [2.75, 3.05) is 0 Å². The third kappa shape index (κ3) is 1.63. The molecule has 3 heteroatoms. The van der Waals surface area contributed by atoms with E-state index < -0.39 is 0 Å². The summed E-state index contributed by atoms with van der Waals surface area (Å²) in [5.74, 6) is 0.832. The summed E-state index contributed by atoms with van der Waals surface area (Å²) in [5.41, 5.74) is 3.32. The number of aromatic amines is 1. The monoisotopic (exact) mass is 205 g/mol.